The Bertz CT molecular complexity index is 514. The van der Waals surface area contributed by atoms with Crippen molar-refractivity contribution in [3.05, 3.63) is 52.3 Å². The van der Waals surface area contributed by atoms with Crippen LogP contribution in [-0.2, 0) is 12.5 Å². The molecule has 0 amide bonds. The third-order valence-electron chi connectivity index (χ3n) is 3.40. The Morgan fingerprint density at radius 1 is 1.28 bits per heavy atom. The van der Waals surface area contributed by atoms with Gasteiger partial charge in [-0.15, -0.1) is 0 Å². The van der Waals surface area contributed by atoms with Crippen LogP contribution >= 0.6 is 15.9 Å². The number of hydrogen-bond acceptors (Lipinski definition) is 2. The fourth-order valence-corrected chi connectivity index (χ4v) is 2.66. The molecule has 1 unspecified atom stereocenters. The molecule has 1 heterocycles. The molecule has 0 radical (unpaired) electrons. The van der Waals surface area contributed by atoms with Crippen LogP contribution < -0.4 is 0 Å². The van der Waals surface area contributed by atoms with Crippen LogP contribution in [0.2, 0.25) is 0 Å². The lowest BCUT2D eigenvalue weighted by Gasteiger charge is -2.31. The fraction of sp³-hybridized carbons (Fsp3) is 0.357. The standard InChI is InChI=1S/C14H17BrN2O/c1-14(2,10-7-5-4-6-8-10)13(18)12-11(15)9-16-17(12)3/h4-9,13,18H,1-3H3. The highest BCUT2D eigenvalue weighted by atomic mass is 79.9. The second-order valence-corrected chi connectivity index (χ2v) is 5.85. The third kappa shape index (κ3) is 2.22. The lowest BCUT2D eigenvalue weighted by atomic mass is 9.78. The molecule has 1 N–H and O–H groups in total. The average Bonchev–Trinajstić information content (AvgIpc) is 2.69. The van der Waals surface area contributed by atoms with Gasteiger partial charge in [-0.2, -0.15) is 5.10 Å². The molecule has 0 aliphatic heterocycles. The molecule has 0 saturated heterocycles. The molecule has 0 aliphatic rings. The van der Waals surface area contributed by atoms with E-state index in [0.717, 1.165) is 15.7 Å². The van der Waals surface area contributed by atoms with E-state index in [0.29, 0.717) is 0 Å². The minimum atomic E-state index is -0.623. The van der Waals surface area contributed by atoms with Gasteiger partial charge in [-0.05, 0) is 21.5 Å². The zero-order valence-electron chi connectivity index (χ0n) is 10.8. The number of aliphatic hydroxyl groups is 1. The molecule has 2 aromatic rings. The Labute approximate surface area is 116 Å². The van der Waals surface area contributed by atoms with Gasteiger partial charge in [-0.3, -0.25) is 4.68 Å². The zero-order valence-corrected chi connectivity index (χ0v) is 12.3. The maximum absolute atomic E-state index is 10.7. The van der Waals surface area contributed by atoms with E-state index < -0.39 is 6.10 Å². The SMILES string of the molecule is Cn1ncc(Br)c1C(O)C(C)(C)c1ccccc1. The first-order valence-corrected chi connectivity index (χ1v) is 6.65. The molecule has 1 atom stereocenters. The van der Waals surface area contributed by atoms with Crippen LogP contribution in [0.5, 0.6) is 0 Å². The smallest absolute Gasteiger partial charge is 0.106 e. The van der Waals surface area contributed by atoms with Crippen LogP contribution in [0.25, 0.3) is 0 Å². The number of benzene rings is 1. The number of nitrogens with zero attached hydrogens (tertiary/aromatic N) is 2. The third-order valence-corrected chi connectivity index (χ3v) is 4.01. The highest BCUT2D eigenvalue weighted by Gasteiger charge is 2.34. The summed E-state index contributed by atoms with van der Waals surface area (Å²) in [5, 5.41) is 14.8. The number of rotatable bonds is 3. The first-order chi connectivity index (χ1) is 8.44. The van der Waals surface area contributed by atoms with Gasteiger partial charge in [0.05, 0.1) is 16.4 Å². The Kier molecular flexibility index (Phi) is 3.59. The van der Waals surface area contributed by atoms with Crippen molar-refractivity contribution >= 4 is 15.9 Å². The highest BCUT2D eigenvalue weighted by Crippen LogP contribution is 2.38. The maximum atomic E-state index is 10.7. The van der Waals surface area contributed by atoms with Crippen molar-refractivity contribution < 1.29 is 5.11 Å². The van der Waals surface area contributed by atoms with Gasteiger partial charge in [0.2, 0.25) is 0 Å². The summed E-state index contributed by atoms with van der Waals surface area (Å²) in [5.74, 6) is 0. The monoisotopic (exact) mass is 308 g/mol. The van der Waals surface area contributed by atoms with Gasteiger partial charge in [-0.25, -0.2) is 0 Å². The first-order valence-electron chi connectivity index (χ1n) is 5.85. The topological polar surface area (TPSA) is 38.0 Å². The van der Waals surface area contributed by atoms with E-state index in [4.69, 9.17) is 0 Å². The van der Waals surface area contributed by atoms with Gasteiger partial charge in [0, 0.05) is 12.5 Å². The van der Waals surface area contributed by atoms with Crippen LogP contribution in [0.1, 0.15) is 31.2 Å². The Hall–Kier alpha value is -1.13. The predicted octanol–water partition coefficient (Wildman–Crippen LogP) is 3.19. The van der Waals surface area contributed by atoms with Gasteiger partial charge in [0.15, 0.2) is 0 Å². The van der Waals surface area contributed by atoms with Gasteiger partial charge < -0.3 is 5.11 Å². The summed E-state index contributed by atoms with van der Waals surface area (Å²) in [5.41, 5.74) is 1.52. The van der Waals surface area contributed by atoms with Crippen LogP contribution in [0.15, 0.2) is 41.0 Å². The fourth-order valence-electron chi connectivity index (χ4n) is 2.10. The summed E-state index contributed by atoms with van der Waals surface area (Å²) in [6.45, 7) is 4.07. The van der Waals surface area contributed by atoms with E-state index in [-0.39, 0.29) is 5.41 Å². The molecular formula is C14H17BrN2O. The normalized spacial score (nSPS) is 13.6. The number of aryl methyl sites for hydroxylation is 1. The first kappa shape index (κ1) is 13.3. The minimum Gasteiger partial charge on any atom is -0.386 e. The van der Waals surface area contributed by atoms with E-state index in [1.807, 2.05) is 51.2 Å². The van der Waals surface area contributed by atoms with Crippen molar-refractivity contribution in [3.63, 3.8) is 0 Å². The molecule has 0 fully saturated rings. The van der Waals surface area contributed by atoms with Crippen molar-refractivity contribution in [2.45, 2.75) is 25.4 Å². The molecule has 2 rings (SSSR count). The average molecular weight is 309 g/mol. The van der Waals surface area contributed by atoms with Gasteiger partial charge in [0.25, 0.3) is 0 Å². The molecular weight excluding hydrogens is 292 g/mol. The molecule has 1 aromatic carbocycles. The Morgan fingerprint density at radius 2 is 1.89 bits per heavy atom. The summed E-state index contributed by atoms with van der Waals surface area (Å²) >= 11 is 3.44. The van der Waals surface area contributed by atoms with Crippen molar-refractivity contribution in [2.75, 3.05) is 0 Å². The minimum absolute atomic E-state index is 0.377. The van der Waals surface area contributed by atoms with E-state index in [2.05, 4.69) is 21.0 Å². The molecule has 0 spiro atoms. The van der Waals surface area contributed by atoms with Crippen LogP contribution in [-0.4, -0.2) is 14.9 Å². The van der Waals surface area contributed by atoms with Crippen molar-refractivity contribution in [2.24, 2.45) is 7.05 Å². The van der Waals surface area contributed by atoms with E-state index >= 15 is 0 Å². The molecule has 3 nitrogen and oxygen atoms in total. The molecule has 0 aliphatic carbocycles. The lowest BCUT2D eigenvalue weighted by molar-refractivity contribution is 0.0916. The second kappa shape index (κ2) is 4.86. The zero-order chi connectivity index (χ0) is 13.3. The summed E-state index contributed by atoms with van der Waals surface area (Å²) in [6.07, 6.45) is 1.08. The van der Waals surface area contributed by atoms with Crippen molar-refractivity contribution in [1.82, 2.24) is 9.78 Å². The Morgan fingerprint density at radius 3 is 2.39 bits per heavy atom. The van der Waals surface area contributed by atoms with E-state index in [1.165, 1.54) is 0 Å². The molecule has 96 valence electrons. The number of aliphatic hydroxyl groups excluding tert-OH is 1. The second-order valence-electron chi connectivity index (χ2n) is 4.99. The van der Waals surface area contributed by atoms with Crippen LogP contribution in [0, 0.1) is 0 Å². The quantitative estimate of drug-likeness (QED) is 0.945. The van der Waals surface area contributed by atoms with Crippen LogP contribution in [0.4, 0.5) is 0 Å². The molecule has 18 heavy (non-hydrogen) atoms. The Balaban J connectivity index is 2.42. The van der Waals surface area contributed by atoms with Gasteiger partial charge >= 0.3 is 0 Å². The summed E-state index contributed by atoms with van der Waals surface area (Å²) in [6, 6.07) is 10.0. The van der Waals surface area contributed by atoms with Gasteiger partial charge in [0.1, 0.15) is 6.10 Å². The molecule has 0 saturated carbocycles. The number of halogens is 1. The predicted molar refractivity (Wildman–Crippen MR) is 75.3 cm³/mol. The van der Waals surface area contributed by atoms with E-state index in [9.17, 15) is 5.11 Å². The summed E-state index contributed by atoms with van der Waals surface area (Å²) < 4.78 is 2.54. The summed E-state index contributed by atoms with van der Waals surface area (Å²) in [4.78, 5) is 0. The molecule has 1 aromatic heterocycles. The maximum Gasteiger partial charge on any atom is 0.106 e. The molecule has 4 heteroatoms. The van der Waals surface area contributed by atoms with Crippen molar-refractivity contribution in [3.8, 4) is 0 Å². The van der Waals surface area contributed by atoms with Crippen molar-refractivity contribution in [1.29, 1.82) is 0 Å². The summed E-state index contributed by atoms with van der Waals surface area (Å²) in [7, 11) is 1.84. The van der Waals surface area contributed by atoms with E-state index in [1.54, 1.807) is 10.9 Å². The lowest BCUT2D eigenvalue weighted by Crippen LogP contribution is -2.28. The van der Waals surface area contributed by atoms with Crippen LogP contribution in [0.3, 0.4) is 0 Å². The van der Waals surface area contributed by atoms with Gasteiger partial charge in [-0.1, -0.05) is 44.2 Å². The number of hydrogen-bond donors (Lipinski definition) is 1. The molecule has 0 bridgehead atoms. The highest BCUT2D eigenvalue weighted by molar-refractivity contribution is 9.10. The number of aromatic nitrogens is 2. The largest absolute Gasteiger partial charge is 0.386 e.